The molecule has 15 heteroatoms. The highest BCUT2D eigenvalue weighted by Gasteiger charge is 2.28. The van der Waals surface area contributed by atoms with Crippen molar-refractivity contribution in [3.8, 4) is 125 Å². The van der Waals surface area contributed by atoms with E-state index in [1.165, 1.54) is 0 Å². The third-order valence-electron chi connectivity index (χ3n) is 28.8. The zero-order chi connectivity index (χ0) is 101. The maximum Gasteiger partial charge on any atom is 0.195 e. The van der Waals surface area contributed by atoms with Crippen molar-refractivity contribution >= 4 is 159 Å². The third kappa shape index (κ3) is 14.7. The highest BCUT2D eigenvalue weighted by molar-refractivity contribution is 6.17. The molecule has 21 aromatic carbocycles. The monoisotopic (exact) mass is 1910 g/mol. The Balaban J connectivity index is 0.000000116. The molecule has 0 bridgehead atoms. The fourth-order valence-electron chi connectivity index (χ4n) is 22.4. The molecule has 15 nitrogen and oxygen atoms in total. The standard InChI is InChI=1S/3C45H25N5/c1-47-31-21-25-43-38(27-31)35-11-3-6-15-40(35)49(43)32-22-19-30(20-23-32)33-13-9-14-39(48-2)45(33)36-12-5-8-17-42(36)50-41-16-7-4-10-34(41)37-26-29(28-46)18-24-44(37)50;1-47-31-21-24-36-34-10-3-6-15-40(34)49(44(36)27-31)32-22-19-30(20-23-32)33-13-9-14-39(48-2)45(33)37-12-5-8-17-42(37)50-41-16-7-4-11-35(41)38-26-29(28-46)18-25-43(38)50;1-48-38-15-9-14-33(30-21-23-32(24-22-30)49-40-17-6-3-12-35(40)44-31(28-47)10-8-19-43(44)49)45(38)36-13-4-7-18-41(36)50-39-16-5-2-11-34(39)37-26-29(27-46)20-25-42(37)50/h2*3-27H;2-26H. The first-order valence-corrected chi connectivity index (χ1v) is 48.7. The molecule has 0 fully saturated rings. The first kappa shape index (κ1) is 89.2. The summed E-state index contributed by atoms with van der Waals surface area (Å²) in [5.41, 5.74) is 34.9. The summed E-state index contributed by atoms with van der Waals surface area (Å²) in [6.45, 7) is 39.8. The number of fused-ring (bicyclic) bond motifs is 18. The van der Waals surface area contributed by atoms with Crippen LogP contribution in [-0.4, -0.2) is 27.4 Å². The predicted octanol–water partition coefficient (Wildman–Crippen LogP) is 35.9. The van der Waals surface area contributed by atoms with Crippen LogP contribution in [0.25, 0.3) is 256 Å². The second-order valence-corrected chi connectivity index (χ2v) is 36.7. The normalized spacial score (nSPS) is 11.1. The van der Waals surface area contributed by atoms with Crippen molar-refractivity contribution in [1.82, 2.24) is 27.4 Å². The van der Waals surface area contributed by atoms with Gasteiger partial charge in [0, 0.05) is 81.8 Å². The van der Waals surface area contributed by atoms with Gasteiger partial charge in [-0.1, -0.05) is 279 Å². The number of nitriles is 4. The van der Waals surface area contributed by atoms with Gasteiger partial charge >= 0.3 is 0 Å². The Labute approximate surface area is 861 Å². The zero-order valence-corrected chi connectivity index (χ0v) is 80.0. The van der Waals surface area contributed by atoms with Gasteiger partial charge in [-0.05, 0) is 248 Å². The molecule has 0 saturated heterocycles. The average Bonchev–Trinajstić information content (AvgIpc) is 1.45. The van der Waals surface area contributed by atoms with Gasteiger partial charge in [0.15, 0.2) is 28.4 Å². The van der Waals surface area contributed by atoms with Crippen LogP contribution in [-0.2, 0) is 0 Å². The third-order valence-corrected chi connectivity index (χ3v) is 28.8. The number of benzene rings is 21. The Morgan fingerprint density at radius 1 is 0.180 bits per heavy atom. The summed E-state index contributed by atoms with van der Waals surface area (Å²) in [5, 5.41) is 51.6. The van der Waals surface area contributed by atoms with E-state index in [9.17, 15) is 21.0 Å². The Morgan fingerprint density at radius 2 is 0.447 bits per heavy atom. The van der Waals surface area contributed by atoms with Crippen LogP contribution in [0.15, 0.2) is 455 Å². The molecule has 0 N–H and O–H groups in total. The van der Waals surface area contributed by atoms with E-state index in [1.54, 1.807) is 0 Å². The molecule has 0 spiro atoms. The maximum atomic E-state index is 9.91. The summed E-state index contributed by atoms with van der Waals surface area (Å²) in [6, 6.07) is 162. The van der Waals surface area contributed by atoms with Gasteiger partial charge in [-0.3, -0.25) is 0 Å². The number of hydrogen-bond donors (Lipinski definition) is 0. The van der Waals surface area contributed by atoms with Crippen LogP contribution in [0, 0.1) is 78.2 Å². The SMILES string of the molecule is [C-]#[N+]c1ccc2c(c1)c1ccccc1n2-c1ccc(-c2cccc([N+]#[C-])c2-c2ccccc2-n2c3ccccc3c3cc(C#N)ccc32)cc1.[C-]#[N+]c1ccc2c3ccccc3n(-c3ccc(-c4cccc([N+]#[C-])c4-c4ccccc4-n4c5ccccc5c5cc(C#N)ccc54)cc3)c2c1.[C-]#[N+]c1cccc(-c2ccc(-n3c4ccccc4c4c(C#N)cccc43)cc2)c1-c1ccccc1-n1c2ccccc2c2cc(C#N)ccc21. The van der Waals surface area contributed by atoms with E-state index in [0.29, 0.717) is 50.7 Å². The Hall–Kier alpha value is -22.2. The Kier molecular flexibility index (Phi) is 22.0. The van der Waals surface area contributed by atoms with E-state index in [4.69, 9.17) is 32.9 Å². The minimum atomic E-state index is 0.568. The topological polar surface area (TPSA) is 147 Å². The van der Waals surface area contributed by atoms with Crippen molar-refractivity contribution in [2.75, 3.05) is 0 Å². The maximum absolute atomic E-state index is 9.91. The van der Waals surface area contributed by atoms with Gasteiger partial charge in [-0.15, -0.1) is 0 Å². The molecule has 6 heterocycles. The van der Waals surface area contributed by atoms with Crippen LogP contribution in [0.3, 0.4) is 0 Å². The molecule has 6 aromatic heterocycles. The average molecular weight is 1910 g/mol. The van der Waals surface area contributed by atoms with Crippen LogP contribution < -0.4 is 0 Å². The fraction of sp³-hybridized carbons (Fsp3) is 0. The molecule has 0 aliphatic carbocycles. The first-order valence-electron chi connectivity index (χ1n) is 48.7. The van der Waals surface area contributed by atoms with E-state index in [2.05, 4.69) is 282 Å². The lowest BCUT2D eigenvalue weighted by molar-refractivity contribution is 1.18. The predicted molar refractivity (Wildman–Crippen MR) is 608 cm³/mol. The van der Waals surface area contributed by atoms with Crippen LogP contribution in [0.2, 0.25) is 0 Å². The largest absolute Gasteiger partial charge is 0.311 e. The summed E-state index contributed by atoms with van der Waals surface area (Å²) in [4.78, 5) is 19.4. The molecular formula is C135H75N15. The van der Waals surface area contributed by atoms with Gasteiger partial charge in [-0.25, -0.2) is 24.2 Å². The second kappa shape index (κ2) is 37.0. The van der Waals surface area contributed by atoms with Crippen LogP contribution in [0.5, 0.6) is 0 Å². The summed E-state index contributed by atoms with van der Waals surface area (Å²) < 4.78 is 13.4. The van der Waals surface area contributed by atoms with E-state index in [0.717, 1.165) is 232 Å². The van der Waals surface area contributed by atoms with Gasteiger partial charge in [0.1, 0.15) is 0 Å². The molecule has 27 rings (SSSR count). The van der Waals surface area contributed by atoms with Crippen molar-refractivity contribution in [3.05, 3.63) is 534 Å². The molecule has 150 heavy (non-hydrogen) atoms. The van der Waals surface area contributed by atoms with Gasteiger partial charge in [0.2, 0.25) is 0 Å². The van der Waals surface area contributed by atoms with Gasteiger partial charge in [-0.2, -0.15) is 21.0 Å². The van der Waals surface area contributed by atoms with E-state index >= 15 is 0 Å². The highest BCUT2D eigenvalue weighted by atomic mass is 15.0. The Bertz CT molecular complexity index is 10500. The Morgan fingerprint density at radius 3 is 0.813 bits per heavy atom. The molecule has 0 radical (unpaired) electrons. The second-order valence-electron chi connectivity index (χ2n) is 36.7. The quantitative estimate of drug-likeness (QED) is 0.112. The van der Waals surface area contributed by atoms with Gasteiger partial charge in [0.25, 0.3) is 0 Å². The van der Waals surface area contributed by atoms with Crippen molar-refractivity contribution in [1.29, 1.82) is 21.0 Å². The summed E-state index contributed by atoms with van der Waals surface area (Å²) in [7, 11) is 0. The van der Waals surface area contributed by atoms with Gasteiger partial charge in [0.05, 0.1) is 157 Å². The number of hydrogen-bond acceptors (Lipinski definition) is 4. The molecule has 690 valence electrons. The summed E-state index contributed by atoms with van der Waals surface area (Å²) in [5.74, 6) is 0. The smallest absolute Gasteiger partial charge is 0.195 e. The number of aromatic nitrogens is 6. The van der Waals surface area contributed by atoms with E-state index < -0.39 is 0 Å². The minimum absolute atomic E-state index is 0.568. The van der Waals surface area contributed by atoms with Crippen LogP contribution in [0.4, 0.5) is 28.4 Å². The van der Waals surface area contributed by atoms with Crippen LogP contribution >= 0.6 is 0 Å². The minimum Gasteiger partial charge on any atom is -0.311 e. The summed E-state index contributed by atoms with van der Waals surface area (Å²) in [6.07, 6.45) is 0. The number of nitrogens with zero attached hydrogens (tertiary/aromatic N) is 15. The fourth-order valence-corrected chi connectivity index (χ4v) is 22.4. The lowest BCUT2D eigenvalue weighted by Gasteiger charge is -2.18. The molecule has 0 amide bonds. The van der Waals surface area contributed by atoms with Crippen molar-refractivity contribution in [3.63, 3.8) is 0 Å². The van der Waals surface area contributed by atoms with Crippen molar-refractivity contribution in [2.45, 2.75) is 0 Å². The molecule has 0 saturated carbocycles. The molecule has 27 aromatic rings. The molecular weight excluding hydrogens is 1830 g/mol. The summed E-state index contributed by atoms with van der Waals surface area (Å²) >= 11 is 0. The first-order chi connectivity index (χ1) is 74.0. The van der Waals surface area contributed by atoms with Crippen LogP contribution in [0.1, 0.15) is 22.3 Å². The molecule has 0 aliphatic heterocycles. The van der Waals surface area contributed by atoms with E-state index in [1.807, 2.05) is 249 Å². The number of rotatable bonds is 12. The highest BCUT2D eigenvalue weighted by Crippen LogP contribution is 2.51. The van der Waals surface area contributed by atoms with E-state index in [-0.39, 0.29) is 0 Å². The lowest BCUT2D eigenvalue weighted by Crippen LogP contribution is -1.98. The molecule has 0 atom stereocenters. The molecule has 0 aliphatic rings. The zero-order valence-electron chi connectivity index (χ0n) is 80.0. The number of para-hydroxylation sites is 9. The lowest BCUT2D eigenvalue weighted by atomic mass is 9.92. The van der Waals surface area contributed by atoms with Gasteiger partial charge < -0.3 is 27.4 Å². The van der Waals surface area contributed by atoms with Crippen molar-refractivity contribution < 1.29 is 0 Å². The van der Waals surface area contributed by atoms with Crippen molar-refractivity contribution in [2.24, 2.45) is 0 Å². The molecule has 0 unspecified atom stereocenters.